The number of nitrogens with zero attached hydrogens (tertiary/aromatic N) is 1. The number of carboxylic acids is 1. The highest BCUT2D eigenvalue weighted by Crippen LogP contribution is 2.52. The maximum absolute atomic E-state index is 16.1. The zero-order chi connectivity index (χ0) is 58.6. The molecule has 11 nitrogen and oxygen atoms in total. The van der Waals surface area contributed by atoms with Crippen molar-refractivity contribution in [2.45, 2.75) is 284 Å². The molecule has 0 fully saturated rings. The molecule has 0 bridgehead atoms. The van der Waals surface area contributed by atoms with Crippen molar-refractivity contribution in [2.75, 3.05) is 20.6 Å². The molecule has 78 heavy (non-hydrogen) atoms. The highest BCUT2D eigenvalue weighted by Gasteiger charge is 2.82. The van der Waals surface area contributed by atoms with E-state index in [-0.39, 0.29) is 19.3 Å². The van der Waals surface area contributed by atoms with E-state index < -0.39 is 74.0 Å². The molecule has 444 valence electrons. The van der Waals surface area contributed by atoms with E-state index in [0.29, 0.717) is 63.9 Å². The summed E-state index contributed by atoms with van der Waals surface area (Å²) >= 11 is 0. The number of carboxylic acid groups (broad SMARTS) is 1. The van der Waals surface area contributed by atoms with E-state index in [1.54, 1.807) is 6.08 Å². The number of unbranched alkanes of at least 4 members (excludes halogenated alkanes) is 29. The largest absolute Gasteiger partial charge is 0.548 e. The first-order chi connectivity index (χ1) is 37.4. The summed E-state index contributed by atoms with van der Waals surface area (Å²) in [6.07, 6.45) is 40.7. The van der Waals surface area contributed by atoms with Gasteiger partial charge in [0.1, 0.15) is 12.3 Å². The lowest BCUT2D eigenvalue weighted by Gasteiger charge is -2.57. The second-order valence-corrected chi connectivity index (χ2v) is 22.4. The van der Waals surface area contributed by atoms with Gasteiger partial charge in [0.25, 0.3) is 5.54 Å². The van der Waals surface area contributed by atoms with Gasteiger partial charge in [0, 0.05) is 12.5 Å². The van der Waals surface area contributed by atoms with Crippen molar-refractivity contribution in [1.82, 2.24) is 0 Å². The van der Waals surface area contributed by atoms with Crippen LogP contribution in [0, 0.1) is 5.41 Å². The Morgan fingerprint density at radius 1 is 0.397 bits per heavy atom. The lowest BCUT2D eigenvalue weighted by Crippen LogP contribution is -2.87. The van der Waals surface area contributed by atoms with Gasteiger partial charge < -0.3 is 24.6 Å². The van der Waals surface area contributed by atoms with E-state index in [1.807, 2.05) is 6.92 Å². The van der Waals surface area contributed by atoms with E-state index in [1.165, 1.54) is 44.5 Å². The second kappa shape index (κ2) is 44.4. The van der Waals surface area contributed by atoms with Crippen molar-refractivity contribution in [3.8, 4) is 0 Å². The molecule has 3 atom stereocenters. The van der Waals surface area contributed by atoms with E-state index in [4.69, 9.17) is 0 Å². The summed E-state index contributed by atoms with van der Waals surface area (Å²) in [7, 11) is 2.58. The van der Waals surface area contributed by atoms with Crippen LogP contribution in [0.3, 0.4) is 0 Å². The van der Waals surface area contributed by atoms with Crippen LogP contribution >= 0.6 is 0 Å². The molecule has 0 rings (SSSR count). The molecule has 0 saturated heterocycles. The number of aliphatic hydroxyl groups is 2. The van der Waals surface area contributed by atoms with Crippen LogP contribution in [0.15, 0.2) is 72.6 Å². The van der Waals surface area contributed by atoms with Crippen molar-refractivity contribution in [3.05, 3.63) is 72.6 Å². The monoisotopic (exact) mass is 1090 g/mol. The van der Waals surface area contributed by atoms with Crippen molar-refractivity contribution in [2.24, 2.45) is 5.41 Å². The van der Waals surface area contributed by atoms with Crippen LogP contribution in [0.4, 0.5) is 0 Å². The molecule has 3 unspecified atom stereocenters. The molecule has 0 amide bonds. The zero-order valence-electron chi connectivity index (χ0n) is 50.6. The maximum atomic E-state index is 16.1. The van der Waals surface area contributed by atoms with Gasteiger partial charge in [0.2, 0.25) is 23.0 Å². The average Bonchev–Trinajstić information content (AvgIpc) is 3.40. The number of hydrogen-bond donors (Lipinski definition) is 2. The Kier molecular flexibility index (Phi) is 41.9. The first-order valence-corrected chi connectivity index (χ1v) is 31.2. The van der Waals surface area contributed by atoms with Gasteiger partial charge in [-0.2, -0.15) is 0 Å². The first kappa shape index (κ1) is 73.7. The van der Waals surface area contributed by atoms with E-state index in [2.05, 4.69) is 34.6 Å². The van der Waals surface area contributed by atoms with Crippen LogP contribution in [0.2, 0.25) is 0 Å². The van der Waals surface area contributed by atoms with Crippen LogP contribution < -0.4 is 5.11 Å². The summed E-state index contributed by atoms with van der Waals surface area (Å²) in [5.41, 5.74) is -11.5. The van der Waals surface area contributed by atoms with Gasteiger partial charge in [-0.15, -0.1) is 0 Å². The molecular weight excluding hydrogens is 979 g/mol. The van der Waals surface area contributed by atoms with Crippen LogP contribution in [-0.4, -0.2) is 87.1 Å². The number of allylic oxidation sites excluding steroid dienone is 7. The van der Waals surface area contributed by atoms with Crippen LogP contribution in [0.5, 0.6) is 0 Å². The average molecular weight is 1090 g/mol. The Balaban J connectivity index is 9.36. The lowest BCUT2D eigenvalue weighted by molar-refractivity contribution is -0.920. The molecule has 0 spiro atoms. The van der Waals surface area contributed by atoms with E-state index in [0.717, 1.165) is 178 Å². The number of carbonyl (C=O) groups is 7. The van der Waals surface area contributed by atoms with Gasteiger partial charge in [-0.25, -0.2) is 0 Å². The Labute approximate surface area is 474 Å². The van der Waals surface area contributed by atoms with Crippen molar-refractivity contribution < 1.29 is 53.4 Å². The van der Waals surface area contributed by atoms with Gasteiger partial charge in [-0.3, -0.25) is 28.8 Å². The Bertz CT molecular complexity index is 1880. The summed E-state index contributed by atoms with van der Waals surface area (Å²) in [4.78, 5) is 107. The molecule has 0 aromatic heterocycles. The number of aliphatic hydroxyl groups excluding tert-OH is 1. The van der Waals surface area contributed by atoms with Gasteiger partial charge in [-0.1, -0.05) is 226 Å². The topological polar surface area (TPSA) is 183 Å². The molecule has 11 heteroatoms. The Morgan fingerprint density at radius 2 is 0.692 bits per heavy atom. The fourth-order valence-corrected chi connectivity index (χ4v) is 10.6. The third-order valence-electron chi connectivity index (χ3n) is 15.2. The predicted octanol–water partition coefficient (Wildman–Crippen LogP) is 15.1. The minimum absolute atomic E-state index is 0.186. The van der Waals surface area contributed by atoms with Gasteiger partial charge >= 0.3 is 0 Å². The fourth-order valence-electron chi connectivity index (χ4n) is 10.6. The third-order valence-corrected chi connectivity index (χ3v) is 15.2. The third kappa shape index (κ3) is 25.0. The zero-order valence-corrected chi connectivity index (χ0v) is 50.6. The second-order valence-electron chi connectivity index (χ2n) is 22.4. The fraction of sp³-hybridized carbons (Fsp3) is 0.716. The molecular formula is C67H111NO10. The number of aliphatic carboxylic acids is 1. The number of likely N-dealkylation sites (N-methyl/N-ethyl adjacent to an activating group) is 1. The maximum Gasteiger partial charge on any atom is 0.263 e. The number of carbonyl (C=O) groups excluding carboxylic acids is 7. The molecule has 2 N–H and O–H groups in total. The molecule has 0 heterocycles. The number of quaternary nitrogens is 1. The van der Waals surface area contributed by atoms with Crippen LogP contribution in [-0.2, 0) is 33.6 Å². The van der Waals surface area contributed by atoms with Gasteiger partial charge in [0.15, 0.2) is 22.8 Å². The quantitative estimate of drug-likeness (QED) is 0.0195. The molecule has 0 aliphatic heterocycles. The van der Waals surface area contributed by atoms with Crippen molar-refractivity contribution in [3.63, 3.8) is 0 Å². The molecule has 0 radical (unpaired) electrons. The highest BCUT2D eigenvalue weighted by atomic mass is 16.4. The van der Waals surface area contributed by atoms with Gasteiger partial charge in [0.05, 0.1) is 20.1 Å². The van der Waals surface area contributed by atoms with Crippen molar-refractivity contribution in [1.29, 1.82) is 0 Å². The van der Waals surface area contributed by atoms with Gasteiger partial charge in [-0.05, 0) is 101 Å². The lowest BCUT2D eigenvalue weighted by atomic mass is 9.53. The predicted molar refractivity (Wildman–Crippen MR) is 319 cm³/mol. The standard InChI is InChI=1S/C67H111NO10/c1-9-15-21-27-32-38-44-50-58(70)56-68(7,8)66(60(72)52-46-40-34-29-23-17-11-3,61(73)53-47-41-35-30-24-18-12-4)67(78,62(74)54-48-42-36-31-25-19-13-5)65(64(76)77,59(71)51-45-39-33-28-22-16-10-2)63(75)55-57(69)49-43-37-26-20-14-6/h44-48,50-55,78H,9-43,49,56H2,1-8H3,(H-,69,75,76,77)/b50-44+,51-45+,52-46-,53-47+,54-48+. The Hall–Kier alpha value is -4.35. The molecule has 0 saturated carbocycles. The number of ketones is 6. The summed E-state index contributed by atoms with van der Waals surface area (Å²) in [6.45, 7) is 11.8. The normalized spacial score (nSPS) is 14.9. The van der Waals surface area contributed by atoms with Crippen LogP contribution in [0.1, 0.15) is 273 Å². The summed E-state index contributed by atoms with van der Waals surface area (Å²) in [5.74, 6) is -11.1. The van der Waals surface area contributed by atoms with E-state index in [9.17, 15) is 29.7 Å². The molecule has 0 aromatic rings. The minimum atomic E-state index is -4.11. The summed E-state index contributed by atoms with van der Waals surface area (Å²) in [5, 5.41) is 41.9. The first-order valence-electron chi connectivity index (χ1n) is 31.2. The van der Waals surface area contributed by atoms with Crippen molar-refractivity contribution >= 4 is 40.7 Å². The smallest absolute Gasteiger partial charge is 0.263 e. The number of hydrogen-bond acceptors (Lipinski definition) is 10. The molecule has 0 aromatic carbocycles. The van der Waals surface area contributed by atoms with E-state index >= 15 is 19.2 Å². The molecule has 0 aliphatic rings. The number of rotatable bonds is 53. The highest BCUT2D eigenvalue weighted by molar-refractivity contribution is 6.28. The molecule has 0 aliphatic carbocycles. The van der Waals surface area contributed by atoms with Crippen LogP contribution in [0.25, 0.3) is 0 Å². The summed E-state index contributed by atoms with van der Waals surface area (Å²) < 4.78 is -1.18. The minimum Gasteiger partial charge on any atom is -0.548 e. The SMILES string of the molecule is CCCCCCC/C=C\C(=O)C(C(=O)/C=C/CCCCCCC)(C(O)(C(=O)/C=C/CCCCCCC)C(C(=O)[O-])(C(=O)/C=C/CCCCCCC)/C(O)=C/C(=O)CCCCCCC)[N+](C)(C)CC(=O)/C=C/CCCCCCC. The Morgan fingerprint density at radius 3 is 1.03 bits per heavy atom. The summed E-state index contributed by atoms with van der Waals surface area (Å²) in [6, 6.07) is 0.